The van der Waals surface area contributed by atoms with Gasteiger partial charge in [-0.1, -0.05) is 30.0 Å². The van der Waals surface area contributed by atoms with Gasteiger partial charge in [0.25, 0.3) is 5.91 Å². The molecule has 1 fully saturated rings. The van der Waals surface area contributed by atoms with Crippen LogP contribution in [0, 0.1) is 0 Å². The number of rotatable bonds is 2. The summed E-state index contributed by atoms with van der Waals surface area (Å²) < 4.78 is 0.351. The fraction of sp³-hybridized carbons (Fsp3) is 0.182. The molecular formula is C11H10N2O3S2. The van der Waals surface area contributed by atoms with Gasteiger partial charge in [-0.05, 0) is 12.1 Å². The van der Waals surface area contributed by atoms with Crippen molar-refractivity contribution in [2.45, 2.75) is 12.3 Å². The van der Waals surface area contributed by atoms with Crippen molar-refractivity contribution in [3.05, 3.63) is 24.3 Å². The van der Waals surface area contributed by atoms with Gasteiger partial charge in [0.1, 0.15) is 10.1 Å². The first-order valence-corrected chi connectivity index (χ1v) is 6.38. The van der Waals surface area contributed by atoms with Crippen LogP contribution in [0.2, 0.25) is 0 Å². The Morgan fingerprint density at radius 2 is 2.28 bits per heavy atom. The van der Waals surface area contributed by atoms with Crippen LogP contribution < -0.4 is 10.2 Å². The Bertz CT molecular complexity index is 533. The molecule has 1 atom stereocenters. The number of benzene rings is 1. The predicted octanol–water partition coefficient (Wildman–Crippen LogP) is 1.22. The molecule has 5 nitrogen and oxygen atoms in total. The largest absolute Gasteiger partial charge is 0.508 e. The molecule has 0 saturated carbocycles. The van der Waals surface area contributed by atoms with Crippen LogP contribution >= 0.6 is 24.0 Å². The number of thioether (sulfide) groups is 1. The zero-order valence-electron chi connectivity index (χ0n) is 9.41. The lowest BCUT2D eigenvalue weighted by atomic mass is 10.3. The number of thiocarbonyl (C=S) groups is 1. The highest BCUT2D eigenvalue weighted by Gasteiger charge is 2.38. The van der Waals surface area contributed by atoms with E-state index in [2.05, 4.69) is 5.32 Å². The third-order valence-electron chi connectivity index (χ3n) is 2.27. The number of hydrogen-bond donors (Lipinski definition) is 2. The lowest BCUT2D eigenvalue weighted by molar-refractivity contribution is -0.123. The van der Waals surface area contributed by atoms with E-state index >= 15 is 0 Å². The maximum atomic E-state index is 12.1. The molecule has 0 radical (unpaired) electrons. The van der Waals surface area contributed by atoms with Crippen molar-refractivity contribution in [3.63, 3.8) is 0 Å². The number of nitrogens with zero attached hydrogens (tertiary/aromatic N) is 1. The number of phenols is 1. The minimum absolute atomic E-state index is 0.0519. The Morgan fingerprint density at radius 3 is 2.89 bits per heavy atom. The standard InChI is InChI=1S/C11H10N2O3S2/c1-6(14)12-9-10(16)13(11(17)18-9)7-3-2-4-8(15)5-7/h2-5,9,15H,1H3,(H,12,14). The molecular weight excluding hydrogens is 272 g/mol. The molecule has 1 aromatic rings. The fourth-order valence-electron chi connectivity index (χ4n) is 1.55. The molecule has 2 rings (SSSR count). The molecule has 0 bridgehead atoms. The number of aromatic hydroxyl groups is 1. The van der Waals surface area contributed by atoms with Crippen molar-refractivity contribution in [1.29, 1.82) is 0 Å². The van der Waals surface area contributed by atoms with Crippen molar-refractivity contribution in [3.8, 4) is 5.75 Å². The molecule has 1 heterocycles. The molecule has 0 spiro atoms. The van der Waals surface area contributed by atoms with E-state index in [9.17, 15) is 14.7 Å². The summed E-state index contributed by atoms with van der Waals surface area (Å²) >= 11 is 6.21. The van der Waals surface area contributed by atoms with Gasteiger partial charge in [0.15, 0.2) is 5.37 Å². The van der Waals surface area contributed by atoms with Gasteiger partial charge in [-0.25, -0.2) is 0 Å². The number of anilines is 1. The van der Waals surface area contributed by atoms with E-state index in [4.69, 9.17) is 12.2 Å². The number of carbonyl (C=O) groups is 2. The molecule has 7 heteroatoms. The average Bonchev–Trinajstić information content (AvgIpc) is 2.53. The molecule has 1 unspecified atom stereocenters. The van der Waals surface area contributed by atoms with E-state index in [-0.39, 0.29) is 17.6 Å². The Balaban J connectivity index is 2.27. The monoisotopic (exact) mass is 282 g/mol. The Labute approximate surface area is 113 Å². The molecule has 94 valence electrons. The predicted molar refractivity (Wildman–Crippen MR) is 73.4 cm³/mol. The van der Waals surface area contributed by atoms with Crippen LogP contribution in [0.5, 0.6) is 5.75 Å². The molecule has 1 aromatic carbocycles. The van der Waals surface area contributed by atoms with E-state index in [0.29, 0.717) is 10.0 Å². The van der Waals surface area contributed by atoms with Crippen molar-refractivity contribution in [1.82, 2.24) is 5.32 Å². The van der Waals surface area contributed by atoms with Crippen LogP contribution in [0.25, 0.3) is 0 Å². The van der Waals surface area contributed by atoms with Crippen LogP contribution in [0.1, 0.15) is 6.92 Å². The highest BCUT2D eigenvalue weighted by Crippen LogP contribution is 2.32. The molecule has 2 amide bonds. The van der Waals surface area contributed by atoms with Crippen LogP contribution in [0.3, 0.4) is 0 Å². The van der Waals surface area contributed by atoms with Crippen molar-refractivity contribution < 1.29 is 14.7 Å². The summed E-state index contributed by atoms with van der Waals surface area (Å²) in [5.74, 6) is -0.553. The smallest absolute Gasteiger partial charge is 0.266 e. The van der Waals surface area contributed by atoms with Gasteiger partial charge in [-0.2, -0.15) is 0 Å². The minimum atomic E-state index is -0.697. The SMILES string of the molecule is CC(=O)NC1SC(=S)N(c2cccc(O)c2)C1=O. The van der Waals surface area contributed by atoms with E-state index < -0.39 is 5.37 Å². The zero-order chi connectivity index (χ0) is 13.3. The fourth-order valence-corrected chi connectivity index (χ4v) is 2.97. The van der Waals surface area contributed by atoms with E-state index in [1.807, 2.05) is 0 Å². The van der Waals surface area contributed by atoms with Gasteiger partial charge < -0.3 is 10.4 Å². The van der Waals surface area contributed by atoms with E-state index in [1.165, 1.54) is 24.0 Å². The number of carbonyl (C=O) groups excluding carboxylic acids is 2. The van der Waals surface area contributed by atoms with Crippen molar-refractivity contribution in [2.24, 2.45) is 0 Å². The number of amides is 2. The molecule has 1 saturated heterocycles. The van der Waals surface area contributed by atoms with E-state index in [0.717, 1.165) is 11.8 Å². The molecule has 2 N–H and O–H groups in total. The summed E-state index contributed by atoms with van der Waals surface area (Å²) in [7, 11) is 0. The topological polar surface area (TPSA) is 69.6 Å². The van der Waals surface area contributed by atoms with Crippen LogP contribution in [-0.4, -0.2) is 26.6 Å². The maximum Gasteiger partial charge on any atom is 0.266 e. The summed E-state index contributed by atoms with van der Waals surface area (Å²) in [4.78, 5) is 24.4. The molecule has 0 aromatic heterocycles. The normalized spacial score (nSPS) is 19.2. The minimum Gasteiger partial charge on any atom is -0.508 e. The second-order valence-electron chi connectivity index (χ2n) is 3.66. The Hall–Kier alpha value is -1.60. The Kier molecular flexibility index (Phi) is 3.53. The first-order chi connectivity index (χ1) is 8.49. The van der Waals surface area contributed by atoms with Gasteiger partial charge in [0, 0.05) is 13.0 Å². The number of nitrogens with one attached hydrogen (secondary N) is 1. The summed E-state index contributed by atoms with van der Waals surface area (Å²) in [5, 5.41) is 11.2. The second-order valence-corrected chi connectivity index (χ2v) is 5.40. The van der Waals surface area contributed by atoms with Gasteiger partial charge in [-0.15, -0.1) is 0 Å². The molecule has 18 heavy (non-hydrogen) atoms. The molecule has 0 aliphatic carbocycles. The van der Waals surface area contributed by atoms with Gasteiger partial charge >= 0.3 is 0 Å². The lowest BCUT2D eigenvalue weighted by Crippen LogP contribution is -2.40. The first kappa shape index (κ1) is 12.8. The second kappa shape index (κ2) is 4.95. The quantitative estimate of drug-likeness (QED) is 0.798. The lowest BCUT2D eigenvalue weighted by Gasteiger charge is -2.15. The molecule has 1 aliphatic heterocycles. The van der Waals surface area contributed by atoms with Gasteiger partial charge in [0.2, 0.25) is 5.91 Å². The summed E-state index contributed by atoms with van der Waals surface area (Å²) in [5.41, 5.74) is 0.491. The highest BCUT2D eigenvalue weighted by atomic mass is 32.2. The van der Waals surface area contributed by atoms with Crippen molar-refractivity contribution in [2.75, 3.05) is 4.90 Å². The summed E-state index contributed by atoms with van der Waals surface area (Å²) in [6.45, 7) is 1.34. The van der Waals surface area contributed by atoms with Crippen LogP contribution in [-0.2, 0) is 9.59 Å². The third kappa shape index (κ3) is 2.46. The van der Waals surface area contributed by atoms with Crippen molar-refractivity contribution >= 4 is 45.8 Å². The third-order valence-corrected chi connectivity index (χ3v) is 3.68. The average molecular weight is 282 g/mol. The van der Waals surface area contributed by atoms with Gasteiger partial charge in [-0.3, -0.25) is 14.5 Å². The summed E-state index contributed by atoms with van der Waals surface area (Å²) in [6, 6.07) is 6.24. The number of hydrogen-bond acceptors (Lipinski definition) is 5. The van der Waals surface area contributed by atoms with Crippen LogP contribution in [0.4, 0.5) is 5.69 Å². The highest BCUT2D eigenvalue weighted by molar-refractivity contribution is 8.25. The Morgan fingerprint density at radius 1 is 1.56 bits per heavy atom. The zero-order valence-corrected chi connectivity index (χ0v) is 11.0. The van der Waals surface area contributed by atoms with Gasteiger partial charge in [0.05, 0.1) is 5.69 Å². The number of phenolic OH excluding ortho intramolecular Hbond substituents is 1. The van der Waals surface area contributed by atoms with E-state index in [1.54, 1.807) is 12.1 Å². The maximum absolute atomic E-state index is 12.1. The summed E-state index contributed by atoms with van der Waals surface area (Å²) in [6.07, 6.45) is 0. The van der Waals surface area contributed by atoms with Crippen LogP contribution in [0.15, 0.2) is 24.3 Å². The first-order valence-electron chi connectivity index (χ1n) is 5.10. The molecule has 1 aliphatic rings.